The molecule has 30 heavy (non-hydrogen) atoms. The van der Waals surface area contributed by atoms with Gasteiger partial charge in [0.15, 0.2) is 5.13 Å². The van der Waals surface area contributed by atoms with Gasteiger partial charge in [0, 0.05) is 21.3 Å². The van der Waals surface area contributed by atoms with E-state index in [9.17, 15) is 10.1 Å². The van der Waals surface area contributed by atoms with Crippen molar-refractivity contribution in [2.24, 2.45) is 0 Å². The van der Waals surface area contributed by atoms with Crippen molar-refractivity contribution in [1.29, 1.82) is 10.5 Å². The van der Waals surface area contributed by atoms with Gasteiger partial charge in [-0.3, -0.25) is 9.52 Å². The van der Waals surface area contributed by atoms with Crippen LogP contribution in [0.1, 0.15) is 32.1 Å². The first kappa shape index (κ1) is 21.8. The molecule has 0 bridgehead atoms. The standard InChI is InChI=1S/C21H16BrN5OS2/c1-13-19(20(28)26-29-2)25-21(30-13)27(18-7-3-14(10-23)4-8-18)12-15-5-6-17(22)9-16(15)11-24/h3-9H,12H2,1-2H3,(H,26,28). The van der Waals surface area contributed by atoms with Crippen molar-refractivity contribution in [3.05, 3.63) is 74.2 Å². The summed E-state index contributed by atoms with van der Waals surface area (Å²) in [6, 6.07) is 17.0. The fraction of sp³-hybridized carbons (Fsp3) is 0.143. The number of aromatic nitrogens is 1. The summed E-state index contributed by atoms with van der Waals surface area (Å²) in [5.41, 5.74) is 3.12. The smallest absolute Gasteiger partial charge is 0.280 e. The van der Waals surface area contributed by atoms with Gasteiger partial charge in [0.05, 0.1) is 29.8 Å². The maximum Gasteiger partial charge on any atom is 0.280 e. The van der Waals surface area contributed by atoms with Crippen molar-refractivity contribution in [2.45, 2.75) is 13.5 Å². The predicted molar refractivity (Wildman–Crippen MR) is 124 cm³/mol. The molecule has 1 aromatic heterocycles. The molecule has 3 rings (SSSR count). The van der Waals surface area contributed by atoms with E-state index in [1.165, 1.54) is 23.3 Å². The summed E-state index contributed by atoms with van der Waals surface area (Å²) in [5.74, 6) is -0.247. The molecule has 0 radical (unpaired) electrons. The van der Waals surface area contributed by atoms with Gasteiger partial charge in [-0.15, -0.1) is 11.3 Å². The summed E-state index contributed by atoms with van der Waals surface area (Å²) < 4.78 is 3.53. The van der Waals surface area contributed by atoms with E-state index >= 15 is 0 Å². The number of thiazole rings is 1. The monoisotopic (exact) mass is 497 g/mol. The number of nitrogens with one attached hydrogen (secondary N) is 1. The van der Waals surface area contributed by atoms with Crippen LogP contribution >= 0.6 is 39.2 Å². The second kappa shape index (κ2) is 9.77. The third-order valence-electron chi connectivity index (χ3n) is 4.25. The number of amides is 1. The quantitative estimate of drug-likeness (QED) is 0.464. The third kappa shape index (κ3) is 4.82. The molecule has 0 aliphatic rings. The Morgan fingerprint density at radius 3 is 2.60 bits per heavy atom. The number of rotatable bonds is 6. The lowest BCUT2D eigenvalue weighted by atomic mass is 10.1. The number of carbonyl (C=O) groups excluding carboxylic acids is 1. The summed E-state index contributed by atoms with van der Waals surface area (Å²) in [5, 5.41) is 19.3. The van der Waals surface area contributed by atoms with Gasteiger partial charge in [-0.05, 0) is 48.9 Å². The van der Waals surface area contributed by atoms with E-state index in [0.717, 1.165) is 20.6 Å². The lowest BCUT2D eigenvalue weighted by Crippen LogP contribution is -2.19. The van der Waals surface area contributed by atoms with E-state index in [1.54, 1.807) is 24.5 Å². The number of nitrogens with zero attached hydrogens (tertiary/aromatic N) is 4. The van der Waals surface area contributed by atoms with Crippen LogP contribution in [0.2, 0.25) is 0 Å². The van der Waals surface area contributed by atoms with Gasteiger partial charge in [0.1, 0.15) is 5.69 Å². The zero-order valence-electron chi connectivity index (χ0n) is 16.1. The first-order chi connectivity index (χ1) is 14.5. The van der Waals surface area contributed by atoms with E-state index in [-0.39, 0.29) is 5.91 Å². The highest BCUT2D eigenvalue weighted by Crippen LogP contribution is 2.34. The number of carbonyl (C=O) groups is 1. The molecule has 3 aromatic rings. The zero-order valence-corrected chi connectivity index (χ0v) is 19.4. The van der Waals surface area contributed by atoms with Crippen LogP contribution in [0.5, 0.6) is 0 Å². The molecule has 150 valence electrons. The van der Waals surface area contributed by atoms with Crippen LogP contribution in [-0.4, -0.2) is 17.1 Å². The highest BCUT2D eigenvalue weighted by Gasteiger charge is 2.21. The van der Waals surface area contributed by atoms with Crippen LogP contribution in [0.15, 0.2) is 46.9 Å². The van der Waals surface area contributed by atoms with E-state index < -0.39 is 0 Å². The molecule has 1 amide bonds. The van der Waals surface area contributed by atoms with Crippen molar-refractivity contribution in [1.82, 2.24) is 9.71 Å². The first-order valence-electron chi connectivity index (χ1n) is 8.73. The second-order valence-electron chi connectivity index (χ2n) is 6.19. The van der Waals surface area contributed by atoms with Crippen LogP contribution in [0, 0.1) is 29.6 Å². The van der Waals surface area contributed by atoms with Gasteiger partial charge < -0.3 is 4.90 Å². The van der Waals surface area contributed by atoms with E-state index in [0.29, 0.717) is 28.5 Å². The Hall–Kier alpha value is -2.85. The Labute approximate surface area is 191 Å². The maximum absolute atomic E-state index is 12.3. The Morgan fingerprint density at radius 2 is 1.97 bits per heavy atom. The molecule has 0 aliphatic carbocycles. The van der Waals surface area contributed by atoms with E-state index in [2.05, 4.69) is 37.8 Å². The summed E-state index contributed by atoms with van der Waals surface area (Å²) in [4.78, 5) is 19.6. The fourth-order valence-corrected chi connectivity index (χ4v) is 4.36. The molecule has 0 atom stereocenters. The van der Waals surface area contributed by atoms with Crippen molar-refractivity contribution < 1.29 is 4.79 Å². The SMILES string of the molecule is CSNC(=O)c1nc(N(Cc2ccc(Br)cc2C#N)c2ccc(C#N)cc2)sc1C. The number of hydrogen-bond donors (Lipinski definition) is 1. The number of benzene rings is 2. The molecule has 6 nitrogen and oxygen atoms in total. The Morgan fingerprint density at radius 1 is 1.23 bits per heavy atom. The van der Waals surface area contributed by atoms with Gasteiger partial charge in [-0.1, -0.05) is 33.9 Å². The average molecular weight is 498 g/mol. The molecule has 1 N–H and O–H groups in total. The van der Waals surface area contributed by atoms with Crippen molar-refractivity contribution in [3.8, 4) is 12.1 Å². The molecule has 1 heterocycles. The number of anilines is 2. The minimum Gasteiger partial charge on any atom is -0.313 e. The molecular formula is C21H16BrN5OS2. The molecule has 0 fully saturated rings. The van der Waals surface area contributed by atoms with Gasteiger partial charge in [0.2, 0.25) is 0 Å². The molecule has 9 heteroatoms. The predicted octanol–water partition coefficient (Wildman–Crippen LogP) is 5.30. The van der Waals surface area contributed by atoms with Crippen LogP contribution in [0.4, 0.5) is 10.8 Å². The maximum atomic E-state index is 12.3. The Balaban J connectivity index is 2.07. The van der Waals surface area contributed by atoms with Crippen LogP contribution in [0.25, 0.3) is 0 Å². The van der Waals surface area contributed by atoms with Crippen LogP contribution < -0.4 is 9.62 Å². The molecule has 0 unspecified atom stereocenters. The van der Waals surface area contributed by atoms with Crippen LogP contribution in [-0.2, 0) is 6.54 Å². The number of hydrogen-bond acceptors (Lipinski definition) is 7. The number of nitriles is 2. The second-order valence-corrected chi connectivity index (χ2v) is 8.90. The highest BCUT2D eigenvalue weighted by atomic mass is 79.9. The molecular weight excluding hydrogens is 482 g/mol. The van der Waals surface area contributed by atoms with Gasteiger partial charge in [-0.2, -0.15) is 10.5 Å². The summed E-state index contributed by atoms with van der Waals surface area (Å²) in [7, 11) is 0. The summed E-state index contributed by atoms with van der Waals surface area (Å²) in [6.07, 6.45) is 1.78. The molecule has 0 saturated heterocycles. The third-order valence-corrected chi connectivity index (χ3v) is 6.13. The Kier molecular flexibility index (Phi) is 7.11. The molecule has 0 spiro atoms. The van der Waals surface area contributed by atoms with Gasteiger partial charge in [0.25, 0.3) is 5.91 Å². The highest BCUT2D eigenvalue weighted by molar-refractivity contribution is 9.10. The normalized spacial score (nSPS) is 10.2. The topological polar surface area (TPSA) is 92.8 Å². The van der Waals surface area contributed by atoms with Crippen molar-refractivity contribution in [3.63, 3.8) is 0 Å². The summed E-state index contributed by atoms with van der Waals surface area (Å²) >= 11 is 6.03. The van der Waals surface area contributed by atoms with E-state index in [4.69, 9.17) is 5.26 Å². The first-order valence-corrected chi connectivity index (χ1v) is 11.6. The molecule has 2 aromatic carbocycles. The summed E-state index contributed by atoms with van der Waals surface area (Å²) in [6.45, 7) is 2.24. The number of aryl methyl sites for hydroxylation is 1. The average Bonchev–Trinajstić information content (AvgIpc) is 3.14. The lowest BCUT2D eigenvalue weighted by Gasteiger charge is -2.23. The molecule has 0 aliphatic heterocycles. The van der Waals surface area contributed by atoms with Gasteiger partial charge >= 0.3 is 0 Å². The number of halogens is 1. The van der Waals surface area contributed by atoms with E-state index in [1.807, 2.05) is 36.1 Å². The lowest BCUT2D eigenvalue weighted by molar-refractivity contribution is 0.0980. The Bertz CT molecular complexity index is 1160. The zero-order chi connectivity index (χ0) is 21.7. The van der Waals surface area contributed by atoms with Crippen LogP contribution in [0.3, 0.4) is 0 Å². The minimum atomic E-state index is -0.247. The molecule has 0 saturated carbocycles. The fourth-order valence-electron chi connectivity index (χ4n) is 2.80. The minimum absolute atomic E-state index is 0.247. The van der Waals surface area contributed by atoms with Gasteiger partial charge in [-0.25, -0.2) is 4.98 Å². The largest absolute Gasteiger partial charge is 0.313 e. The van der Waals surface area contributed by atoms with Crippen molar-refractivity contribution >= 4 is 55.9 Å². The van der Waals surface area contributed by atoms with Crippen molar-refractivity contribution in [2.75, 3.05) is 11.2 Å².